The van der Waals surface area contributed by atoms with Gasteiger partial charge in [0, 0.05) is 31.2 Å². The molecule has 1 heterocycles. The molecule has 17 heavy (non-hydrogen) atoms. The van der Waals surface area contributed by atoms with Crippen molar-refractivity contribution in [1.29, 1.82) is 0 Å². The number of nitrogens with two attached hydrogens (primary N) is 1. The lowest BCUT2D eigenvalue weighted by Gasteiger charge is -2.49. The van der Waals surface area contributed by atoms with Gasteiger partial charge in [-0.1, -0.05) is 13.8 Å². The molecule has 0 saturated carbocycles. The first-order valence-corrected chi connectivity index (χ1v) is 7.28. The van der Waals surface area contributed by atoms with E-state index < -0.39 is 0 Å². The fourth-order valence-electron chi connectivity index (χ4n) is 3.11. The van der Waals surface area contributed by atoms with Crippen molar-refractivity contribution < 1.29 is 0 Å². The molecule has 0 aromatic carbocycles. The fourth-order valence-corrected chi connectivity index (χ4v) is 3.11. The van der Waals surface area contributed by atoms with Gasteiger partial charge in [-0.2, -0.15) is 0 Å². The van der Waals surface area contributed by atoms with E-state index in [0.29, 0.717) is 6.04 Å². The van der Waals surface area contributed by atoms with Crippen molar-refractivity contribution in [3.05, 3.63) is 0 Å². The summed E-state index contributed by atoms with van der Waals surface area (Å²) >= 11 is 0. The minimum Gasteiger partial charge on any atom is -0.329 e. The Labute approximate surface area is 107 Å². The predicted octanol–water partition coefficient (Wildman–Crippen LogP) is 1.92. The lowest BCUT2D eigenvalue weighted by Crippen LogP contribution is -2.60. The fraction of sp³-hybridized carbons (Fsp3) is 1.00. The van der Waals surface area contributed by atoms with E-state index in [4.69, 9.17) is 5.73 Å². The Balaban J connectivity index is 2.65. The maximum atomic E-state index is 6.11. The Kier molecular flexibility index (Phi) is 5.90. The van der Waals surface area contributed by atoms with Crippen LogP contribution in [0.1, 0.15) is 47.0 Å². The van der Waals surface area contributed by atoms with E-state index in [1.807, 2.05) is 0 Å². The lowest BCUT2D eigenvalue weighted by atomic mass is 9.85. The highest BCUT2D eigenvalue weighted by molar-refractivity contribution is 4.96. The highest BCUT2D eigenvalue weighted by atomic mass is 15.2. The Bertz CT molecular complexity index is 208. The van der Waals surface area contributed by atoms with Crippen LogP contribution in [0.15, 0.2) is 0 Å². The third-order valence-electron chi connectivity index (χ3n) is 4.39. The lowest BCUT2D eigenvalue weighted by molar-refractivity contribution is 0.0210. The van der Waals surface area contributed by atoms with Crippen LogP contribution in [0.25, 0.3) is 0 Å². The Morgan fingerprint density at radius 3 is 2.18 bits per heavy atom. The van der Waals surface area contributed by atoms with Gasteiger partial charge in [0.05, 0.1) is 0 Å². The molecule has 2 N–H and O–H groups in total. The van der Waals surface area contributed by atoms with Crippen LogP contribution < -0.4 is 5.73 Å². The summed E-state index contributed by atoms with van der Waals surface area (Å²) in [5.74, 6) is 0. The summed E-state index contributed by atoms with van der Waals surface area (Å²) in [6.45, 7) is 14.6. The molecule has 0 spiro atoms. The first-order valence-electron chi connectivity index (χ1n) is 7.28. The summed E-state index contributed by atoms with van der Waals surface area (Å²) in [6, 6.07) is 0.673. The molecular formula is C14H31N3. The van der Waals surface area contributed by atoms with E-state index in [1.165, 1.54) is 38.9 Å². The molecule has 0 atom stereocenters. The molecule has 3 nitrogen and oxygen atoms in total. The topological polar surface area (TPSA) is 32.5 Å². The molecule has 0 amide bonds. The number of hydrogen-bond donors (Lipinski definition) is 1. The van der Waals surface area contributed by atoms with E-state index in [-0.39, 0.29) is 5.54 Å². The Hall–Kier alpha value is -0.120. The molecule has 1 aliphatic heterocycles. The second-order valence-corrected chi connectivity index (χ2v) is 5.64. The zero-order valence-corrected chi connectivity index (χ0v) is 12.2. The Morgan fingerprint density at radius 2 is 1.82 bits per heavy atom. The van der Waals surface area contributed by atoms with Crippen molar-refractivity contribution in [3.63, 3.8) is 0 Å². The largest absolute Gasteiger partial charge is 0.329 e. The predicted molar refractivity (Wildman–Crippen MR) is 75.3 cm³/mol. The van der Waals surface area contributed by atoms with Crippen molar-refractivity contribution in [2.75, 3.05) is 32.7 Å². The SMILES string of the molecule is CCCN(CC)C1(CN)CCN(C(C)C)CC1. The van der Waals surface area contributed by atoms with Gasteiger partial charge in [-0.05, 0) is 46.2 Å². The maximum absolute atomic E-state index is 6.11. The molecule has 1 rings (SSSR count). The molecule has 1 fully saturated rings. The van der Waals surface area contributed by atoms with Gasteiger partial charge in [-0.15, -0.1) is 0 Å². The zero-order valence-electron chi connectivity index (χ0n) is 12.2. The van der Waals surface area contributed by atoms with Gasteiger partial charge >= 0.3 is 0 Å². The van der Waals surface area contributed by atoms with Crippen molar-refractivity contribution in [3.8, 4) is 0 Å². The molecule has 0 aliphatic carbocycles. The van der Waals surface area contributed by atoms with Gasteiger partial charge in [0.1, 0.15) is 0 Å². The number of nitrogens with zero attached hydrogens (tertiary/aromatic N) is 2. The van der Waals surface area contributed by atoms with Crippen LogP contribution in [-0.4, -0.2) is 54.1 Å². The monoisotopic (exact) mass is 241 g/mol. The second kappa shape index (κ2) is 6.72. The van der Waals surface area contributed by atoms with E-state index in [0.717, 1.165) is 13.1 Å². The minimum absolute atomic E-state index is 0.274. The maximum Gasteiger partial charge on any atom is 0.0355 e. The quantitative estimate of drug-likeness (QED) is 0.771. The van der Waals surface area contributed by atoms with Gasteiger partial charge in [0.25, 0.3) is 0 Å². The standard InChI is InChI=1S/C14H31N3/c1-5-9-17(6-2)14(12-15)7-10-16(11-8-14)13(3)4/h13H,5-12,15H2,1-4H3. The van der Waals surface area contributed by atoms with Crippen LogP contribution >= 0.6 is 0 Å². The van der Waals surface area contributed by atoms with Crippen molar-refractivity contribution in [1.82, 2.24) is 9.80 Å². The third kappa shape index (κ3) is 3.43. The summed E-state index contributed by atoms with van der Waals surface area (Å²) in [5, 5.41) is 0. The van der Waals surface area contributed by atoms with Gasteiger partial charge in [-0.3, -0.25) is 4.90 Å². The first kappa shape index (κ1) is 14.9. The van der Waals surface area contributed by atoms with Gasteiger partial charge < -0.3 is 10.6 Å². The summed E-state index contributed by atoms with van der Waals surface area (Å²) in [4.78, 5) is 5.19. The second-order valence-electron chi connectivity index (χ2n) is 5.64. The molecule has 1 saturated heterocycles. The number of likely N-dealkylation sites (N-methyl/N-ethyl adjacent to an activating group) is 1. The summed E-state index contributed by atoms with van der Waals surface area (Å²) < 4.78 is 0. The zero-order chi connectivity index (χ0) is 12.9. The molecule has 3 heteroatoms. The minimum atomic E-state index is 0.274. The number of rotatable bonds is 6. The van der Waals surface area contributed by atoms with Crippen molar-refractivity contribution in [2.45, 2.75) is 58.5 Å². The molecule has 0 aromatic rings. The summed E-state index contributed by atoms with van der Waals surface area (Å²) in [5.41, 5.74) is 6.38. The van der Waals surface area contributed by atoms with Gasteiger partial charge in [0.15, 0.2) is 0 Å². The normalized spacial score (nSPS) is 21.4. The van der Waals surface area contributed by atoms with Gasteiger partial charge in [0.2, 0.25) is 0 Å². The first-order chi connectivity index (χ1) is 8.09. The van der Waals surface area contributed by atoms with Crippen LogP contribution in [0, 0.1) is 0 Å². The number of likely N-dealkylation sites (tertiary alicyclic amines) is 1. The highest BCUT2D eigenvalue weighted by Gasteiger charge is 2.37. The van der Waals surface area contributed by atoms with Crippen LogP contribution in [0.3, 0.4) is 0 Å². The average Bonchev–Trinajstić information content (AvgIpc) is 2.36. The average molecular weight is 241 g/mol. The molecule has 102 valence electrons. The van der Waals surface area contributed by atoms with Crippen molar-refractivity contribution in [2.24, 2.45) is 5.73 Å². The van der Waals surface area contributed by atoms with E-state index in [9.17, 15) is 0 Å². The molecule has 0 radical (unpaired) electrons. The van der Waals surface area contributed by atoms with Crippen LogP contribution in [0.4, 0.5) is 0 Å². The van der Waals surface area contributed by atoms with Crippen LogP contribution in [-0.2, 0) is 0 Å². The molecular weight excluding hydrogens is 210 g/mol. The third-order valence-corrected chi connectivity index (χ3v) is 4.39. The number of piperidine rings is 1. The summed E-state index contributed by atoms with van der Waals surface area (Å²) in [7, 11) is 0. The summed E-state index contributed by atoms with van der Waals surface area (Å²) in [6.07, 6.45) is 3.69. The molecule has 0 unspecified atom stereocenters. The number of hydrogen-bond acceptors (Lipinski definition) is 3. The van der Waals surface area contributed by atoms with Gasteiger partial charge in [-0.25, -0.2) is 0 Å². The van der Waals surface area contributed by atoms with Crippen molar-refractivity contribution >= 4 is 0 Å². The highest BCUT2D eigenvalue weighted by Crippen LogP contribution is 2.29. The smallest absolute Gasteiger partial charge is 0.0355 e. The van der Waals surface area contributed by atoms with Crippen LogP contribution in [0.5, 0.6) is 0 Å². The molecule has 1 aliphatic rings. The van der Waals surface area contributed by atoms with E-state index in [1.54, 1.807) is 0 Å². The van der Waals surface area contributed by atoms with E-state index >= 15 is 0 Å². The molecule has 0 bridgehead atoms. The molecule has 0 aromatic heterocycles. The Morgan fingerprint density at radius 1 is 1.24 bits per heavy atom. The van der Waals surface area contributed by atoms with E-state index in [2.05, 4.69) is 37.5 Å². The van der Waals surface area contributed by atoms with Crippen LogP contribution in [0.2, 0.25) is 0 Å².